The second kappa shape index (κ2) is 7.97. The number of carbonyl (C=O) groups excluding carboxylic acids is 1. The third-order valence-corrected chi connectivity index (χ3v) is 5.27. The standard InChI is InChI=1S/C20H23NO2S/c1-15-13-19(20(22)24-18-6-4-3-5-7-18)16(2)12-17(15)14-21-8-10-23-11-9-21/h3-7,12-13H,8-11,14H2,1-2H3. The van der Waals surface area contributed by atoms with Crippen molar-refractivity contribution in [3.8, 4) is 0 Å². The summed E-state index contributed by atoms with van der Waals surface area (Å²) in [4.78, 5) is 16.0. The molecule has 0 aliphatic carbocycles. The molecule has 0 unspecified atom stereocenters. The van der Waals surface area contributed by atoms with Crippen LogP contribution in [-0.4, -0.2) is 36.3 Å². The summed E-state index contributed by atoms with van der Waals surface area (Å²) in [6.07, 6.45) is 0. The molecule has 0 saturated carbocycles. The summed E-state index contributed by atoms with van der Waals surface area (Å²) < 4.78 is 5.41. The van der Waals surface area contributed by atoms with Crippen molar-refractivity contribution >= 4 is 16.9 Å². The minimum absolute atomic E-state index is 0.111. The number of morpholine rings is 1. The van der Waals surface area contributed by atoms with Gasteiger partial charge in [0.1, 0.15) is 0 Å². The van der Waals surface area contributed by atoms with E-state index in [1.807, 2.05) is 43.3 Å². The molecular weight excluding hydrogens is 318 g/mol. The maximum absolute atomic E-state index is 12.6. The first-order chi connectivity index (χ1) is 11.6. The zero-order chi connectivity index (χ0) is 16.9. The highest BCUT2D eigenvalue weighted by atomic mass is 32.2. The van der Waals surface area contributed by atoms with Crippen LogP contribution in [0.4, 0.5) is 0 Å². The van der Waals surface area contributed by atoms with Crippen molar-refractivity contribution < 1.29 is 9.53 Å². The predicted octanol–water partition coefficient (Wildman–Crippen LogP) is 4.07. The topological polar surface area (TPSA) is 29.5 Å². The van der Waals surface area contributed by atoms with Crippen molar-refractivity contribution in [1.29, 1.82) is 0 Å². The molecule has 3 rings (SSSR count). The van der Waals surface area contributed by atoms with Gasteiger partial charge in [-0.3, -0.25) is 9.69 Å². The lowest BCUT2D eigenvalue weighted by Crippen LogP contribution is -2.35. The predicted molar refractivity (Wildman–Crippen MR) is 98.6 cm³/mol. The van der Waals surface area contributed by atoms with Gasteiger partial charge in [-0.05, 0) is 60.5 Å². The Hall–Kier alpha value is -1.62. The Balaban J connectivity index is 1.75. The van der Waals surface area contributed by atoms with Crippen molar-refractivity contribution in [2.24, 2.45) is 0 Å². The molecule has 0 radical (unpaired) electrons. The van der Waals surface area contributed by atoms with E-state index >= 15 is 0 Å². The van der Waals surface area contributed by atoms with Gasteiger partial charge in [0, 0.05) is 30.1 Å². The number of benzene rings is 2. The number of ether oxygens (including phenoxy) is 1. The Labute approximate surface area is 148 Å². The van der Waals surface area contributed by atoms with Crippen LogP contribution in [0.1, 0.15) is 27.0 Å². The van der Waals surface area contributed by atoms with Gasteiger partial charge in [-0.1, -0.05) is 24.3 Å². The summed E-state index contributed by atoms with van der Waals surface area (Å²) in [5, 5.41) is 0.111. The van der Waals surface area contributed by atoms with Crippen LogP contribution < -0.4 is 0 Å². The lowest BCUT2D eigenvalue weighted by atomic mass is 10.00. The van der Waals surface area contributed by atoms with E-state index in [0.717, 1.165) is 48.9 Å². The smallest absolute Gasteiger partial charge is 0.224 e. The number of hydrogen-bond donors (Lipinski definition) is 0. The van der Waals surface area contributed by atoms with Gasteiger partial charge in [-0.15, -0.1) is 0 Å². The van der Waals surface area contributed by atoms with E-state index in [1.165, 1.54) is 22.9 Å². The molecule has 1 aliphatic rings. The summed E-state index contributed by atoms with van der Waals surface area (Å²) in [5.41, 5.74) is 4.35. The highest BCUT2D eigenvalue weighted by molar-refractivity contribution is 8.14. The van der Waals surface area contributed by atoms with Gasteiger partial charge in [-0.2, -0.15) is 0 Å². The second-order valence-corrected chi connectivity index (χ2v) is 7.23. The number of aryl methyl sites for hydroxylation is 2. The first-order valence-corrected chi connectivity index (χ1v) is 9.12. The van der Waals surface area contributed by atoms with E-state index in [-0.39, 0.29) is 5.12 Å². The van der Waals surface area contributed by atoms with Crippen LogP contribution in [0.25, 0.3) is 0 Å². The van der Waals surface area contributed by atoms with Crippen LogP contribution >= 0.6 is 11.8 Å². The summed E-state index contributed by atoms with van der Waals surface area (Å²) >= 11 is 1.30. The zero-order valence-corrected chi connectivity index (χ0v) is 15.1. The molecule has 126 valence electrons. The fourth-order valence-electron chi connectivity index (χ4n) is 2.92. The lowest BCUT2D eigenvalue weighted by Gasteiger charge is -2.27. The minimum Gasteiger partial charge on any atom is -0.379 e. The Kier molecular flexibility index (Phi) is 5.72. The third kappa shape index (κ3) is 4.26. The molecule has 0 spiro atoms. The molecule has 1 saturated heterocycles. The number of nitrogens with zero attached hydrogens (tertiary/aromatic N) is 1. The van der Waals surface area contributed by atoms with Crippen molar-refractivity contribution in [2.45, 2.75) is 25.3 Å². The molecule has 24 heavy (non-hydrogen) atoms. The first kappa shape index (κ1) is 17.2. The van der Waals surface area contributed by atoms with E-state index in [0.29, 0.717) is 0 Å². The molecule has 1 fully saturated rings. The Bertz CT molecular complexity index is 709. The molecule has 1 heterocycles. The minimum atomic E-state index is 0.111. The molecule has 1 aliphatic heterocycles. The van der Waals surface area contributed by atoms with Crippen molar-refractivity contribution in [1.82, 2.24) is 4.90 Å². The van der Waals surface area contributed by atoms with Crippen LogP contribution in [0.2, 0.25) is 0 Å². The highest BCUT2D eigenvalue weighted by Gasteiger charge is 2.16. The lowest BCUT2D eigenvalue weighted by molar-refractivity contribution is 0.0341. The van der Waals surface area contributed by atoms with E-state index in [9.17, 15) is 4.79 Å². The molecule has 0 bridgehead atoms. The van der Waals surface area contributed by atoms with Gasteiger partial charge in [0.25, 0.3) is 0 Å². The van der Waals surface area contributed by atoms with E-state index < -0.39 is 0 Å². The third-order valence-electron chi connectivity index (χ3n) is 4.35. The van der Waals surface area contributed by atoms with Crippen molar-refractivity contribution in [3.05, 3.63) is 64.7 Å². The average molecular weight is 341 g/mol. The largest absolute Gasteiger partial charge is 0.379 e. The number of thioether (sulfide) groups is 1. The summed E-state index contributed by atoms with van der Waals surface area (Å²) in [5.74, 6) is 0. The summed E-state index contributed by atoms with van der Waals surface area (Å²) in [6, 6.07) is 14.0. The van der Waals surface area contributed by atoms with Crippen LogP contribution in [0.5, 0.6) is 0 Å². The van der Waals surface area contributed by atoms with Gasteiger partial charge < -0.3 is 4.74 Å². The van der Waals surface area contributed by atoms with E-state index in [2.05, 4.69) is 17.9 Å². The van der Waals surface area contributed by atoms with Gasteiger partial charge in [0.05, 0.1) is 13.2 Å². The van der Waals surface area contributed by atoms with Gasteiger partial charge >= 0.3 is 0 Å². The molecule has 0 aromatic heterocycles. The van der Waals surface area contributed by atoms with Crippen LogP contribution in [-0.2, 0) is 11.3 Å². The molecule has 4 heteroatoms. The molecule has 0 atom stereocenters. The molecule has 2 aromatic rings. The maximum Gasteiger partial charge on any atom is 0.224 e. The normalized spacial score (nSPS) is 15.4. The van der Waals surface area contributed by atoms with Crippen LogP contribution in [0, 0.1) is 13.8 Å². The maximum atomic E-state index is 12.6. The highest BCUT2D eigenvalue weighted by Crippen LogP contribution is 2.26. The number of carbonyl (C=O) groups is 1. The average Bonchev–Trinajstić information content (AvgIpc) is 2.59. The number of rotatable bonds is 4. The SMILES string of the molecule is Cc1cc(C(=O)Sc2ccccc2)c(C)cc1CN1CCOCC1. The quantitative estimate of drug-likeness (QED) is 0.784. The van der Waals surface area contributed by atoms with Gasteiger partial charge in [0.15, 0.2) is 0 Å². The molecule has 0 amide bonds. The van der Waals surface area contributed by atoms with Crippen LogP contribution in [0.3, 0.4) is 0 Å². The molecule has 0 N–H and O–H groups in total. The second-order valence-electron chi connectivity index (χ2n) is 6.18. The first-order valence-electron chi connectivity index (χ1n) is 8.31. The summed E-state index contributed by atoms with van der Waals surface area (Å²) in [6.45, 7) is 8.62. The summed E-state index contributed by atoms with van der Waals surface area (Å²) in [7, 11) is 0. The number of hydrogen-bond acceptors (Lipinski definition) is 4. The molecule has 2 aromatic carbocycles. The Morgan fingerprint density at radius 2 is 1.79 bits per heavy atom. The van der Waals surface area contributed by atoms with Crippen molar-refractivity contribution in [3.63, 3.8) is 0 Å². The fourth-order valence-corrected chi connectivity index (χ4v) is 3.75. The van der Waals surface area contributed by atoms with E-state index in [1.54, 1.807) is 0 Å². The molecule has 3 nitrogen and oxygen atoms in total. The Morgan fingerprint density at radius 1 is 1.08 bits per heavy atom. The van der Waals surface area contributed by atoms with Gasteiger partial charge in [0.2, 0.25) is 5.12 Å². The Morgan fingerprint density at radius 3 is 2.50 bits per heavy atom. The van der Waals surface area contributed by atoms with Crippen LogP contribution in [0.15, 0.2) is 47.4 Å². The molecular formula is C20H23NO2S. The van der Waals surface area contributed by atoms with E-state index in [4.69, 9.17) is 4.74 Å². The van der Waals surface area contributed by atoms with Gasteiger partial charge in [-0.25, -0.2) is 0 Å². The zero-order valence-electron chi connectivity index (χ0n) is 14.2. The van der Waals surface area contributed by atoms with Crippen molar-refractivity contribution in [2.75, 3.05) is 26.3 Å². The fraction of sp³-hybridized carbons (Fsp3) is 0.350. The monoisotopic (exact) mass is 341 g/mol.